The summed E-state index contributed by atoms with van der Waals surface area (Å²) in [5.74, 6) is -1.17. The molecule has 0 saturated carbocycles. The second-order valence-corrected chi connectivity index (χ2v) is 10.7. The molecule has 1 N–H and O–H groups in total. The molecule has 1 aliphatic rings. The van der Waals surface area contributed by atoms with Gasteiger partial charge < -0.3 is 9.72 Å². The zero-order chi connectivity index (χ0) is 25.9. The van der Waals surface area contributed by atoms with Gasteiger partial charge >= 0.3 is 5.97 Å². The predicted molar refractivity (Wildman–Crippen MR) is 136 cm³/mol. The number of rotatable bonds is 4. The molecule has 1 amide bonds. The first-order chi connectivity index (χ1) is 17.1. The van der Waals surface area contributed by atoms with Crippen molar-refractivity contribution in [3.63, 3.8) is 0 Å². The van der Waals surface area contributed by atoms with E-state index in [0.29, 0.717) is 22.0 Å². The highest BCUT2D eigenvalue weighted by Crippen LogP contribution is 2.47. The number of fused-ring (bicyclic) bond motifs is 4. The van der Waals surface area contributed by atoms with Crippen LogP contribution in [0.4, 0.5) is 5.69 Å². The fourth-order valence-corrected chi connectivity index (χ4v) is 6.35. The summed E-state index contributed by atoms with van der Waals surface area (Å²) in [6.45, 7) is 7.08. The molecular formula is C26H23N3O6S. The number of carbonyl (C=O) groups excluding carboxylic acids is 2. The summed E-state index contributed by atoms with van der Waals surface area (Å²) in [4.78, 5) is 41.3. The maximum Gasteiger partial charge on any atom is 0.341 e. The fourth-order valence-electron chi connectivity index (χ4n) is 4.70. The minimum atomic E-state index is -1.99. The zero-order valence-corrected chi connectivity index (χ0v) is 20.9. The minimum absolute atomic E-state index is 0.0575. The van der Waals surface area contributed by atoms with Crippen molar-refractivity contribution in [2.24, 2.45) is 0 Å². The normalized spacial score (nSPS) is 15.5. The van der Waals surface area contributed by atoms with Gasteiger partial charge in [-0.2, -0.15) is 0 Å². The zero-order valence-electron chi connectivity index (χ0n) is 20.1. The summed E-state index contributed by atoms with van der Waals surface area (Å²) in [5.41, 5.74) is 1.40. The van der Waals surface area contributed by atoms with Crippen molar-refractivity contribution in [3.8, 4) is 11.1 Å². The molecule has 1 aromatic heterocycles. The number of aromatic nitrogens is 1. The third-order valence-electron chi connectivity index (χ3n) is 6.10. The van der Waals surface area contributed by atoms with Gasteiger partial charge in [-0.25, -0.2) is 13.3 Å². The quantitative estimate of drug-likeness (QED) is 0.227. The van der Waals surface area contributed by atoms with E-state index in [0.717, 1.165) is 10.9 Å². The van der Waals surface area contributed by atoms with Crippen LogP contribution in [-0.4, -0.2) is 42.4 Å². The average molecular weight is 506 g/mol. The third kappa shape index (κ3) is 3.40. The Bertz CT molecular complexity index is 1620. The molecule has 10 heteroatoms. The number of nitrogens with one attached hydrogen (secondary N) is 1. The van der Waals surface area contributed by atoms with E-state index >= 15 is 0 Å². The molecule has 1 aliphatic heterocycles. The fraction of sp³-hybridized carbons (Fsp3) is 0.231. The molecule has 0 spiro atoms. The second-order valence-electron chi connectivity index (χ2n) is 9.42. The highest BCUT2D eigenvalue weighted by molar-refractivity contribution is 7.84. The van der Waals surface area contributed by atoms with Gasteiger partial charge in [0, 0.05) is 39.5 Å². The molecule has 0 fully saturated rings. The topological polar surface area (TPSA) is 123 Å². The second kappa shape index (κ2) is 8.27. The molecule has 0 bridgehead atoms. The Morgan fingerprint density at radius 1 is 1.11 bits per heavy atom. The van der Waals surface area contributed by atoms with Crippen molar-refractivity contribution >= 4 is 50.4 Å². The number of carbonyl (C=O) groups is 2. The highest BCUT2D eigenvalue weighted by atomic mass is 32.2. The van der Waals surface area contributed by atoms with E-state index < -0.39 is 33.3 Å². The molecule has 5 rings (SSSR count). The third-order valence-corrected chi connectivity index (χ3v) is 7.91. The van der Waals surface area contributed by atoms with Crippen LogP contribution in [0.1, 0.15) is 48.4 Å². The number of hydrogen-bond acceptors (Lipinski definition) is 6. The first-order valence-electron chi connectivity index (χ1n) is 11.3. The number of para-hydroxylation sites is 1. The number of amides is 1. The van der Waals surface area contributed by atoms with Crippen molar-refractivity contribution in [1.29, 1.82) is 0 Å². The first kappa shape index (κ1) is 23.7. The Morgan fingerprint density at radius 3 is 2.39 bits per heavy atom. The Morgan fingerprint density at radius 2 is 1.78 bits per heavy atom. The van der Waals surface area contributed by atoms with Crippen LogP contribution >= 0.6 is 0 Å². The summed E-state index contributed by atoms with van der Waals surface area (Å²) < 4.78 is 20.5. The number of ether oxygens (including phenoxy) is 1. The van der Waals surface area contributed by atoms with Gasteiger partial charge in [-0.15, -0.1) is 0 Å². The summed E-state index contributed by atoms with van der Waals surface area (Å²) in [5, 5.41) is 12.6. The molecule has 9 nitrogen and oxygen atoms in total. The molecule has 0 radical (unpaired) electrons. The van der Waals surface area contributed by atoms with Gasteiger partial charge in [0.1, 0.15) is 5.56 Å². The van der Waals surface area contributed by atoms with E-state index in [1.54, 1.807) is 39.8 Å². The van der Waals surface area contributed by atoms with Crippen LogP contribution in [0, 0.1) is 10.1 Å². The molecule has 36 heavy (non-hydrogen) atoms. The molecule has 0 aliphatic carbocycles. The molecule has 1 unspecified atom stereocenters. The van der Waals surface area contributed by atoms with Crippen LogP contribution in [0.25, 0.3) is 32.9 Å². The number of benzene rings is 3. The van der Waals surface area contributed by atoms with Crippen LogP contribution in [0.5, 0.6) is 0 Å². The molecule has 2 heterocycles. The lowest BCUT2D eigenvalue weighted by molar-refractivity contribution is -0.384. The van der Waals surface area contributed by atoms with E-state index in [1.807, 2.05) is 24.3 Å². The van der Waals surface area contributed by atoms with E-state index in [9.17, 15) is 23.9 Å². The van der Waals surface area contributed by atoms with Gasteiger partial charge in [0.05, 0.1) is 27.5 Å². The van der Waals surface area contributed by atoms with Crippen molar-refractivity contribution in [3.05, 3.63) is 69.8 Å². The van der Waals surface area contributed by atoms with Gasteiger partial charge in [-0.05, 0) is 51.5 Å². The first-order valence-corrected chi connectivity index (χ1v) is 12.5. The van der Waals surface area contributed by atoms with Crippen LogP contribution < -0.4 is 0 Å². The minimum Gasteiger partial charge on any atom is -0.462 e. The van der Waals surface area contributed by atoms with Crippen LogP contribution in [0.2, 0.25) is 0 Å². The molecule has 184 valence electrons. The number of nitro benzene ring substituents is 1. The molecular weight excluding hydrogens is 482 g/mol. The maximum absolute atomic E-state index is 13.9. The summed E-state index contributed by atoms with van der Waals surface area (Å²) >= 11 is 0. The van der Waals surface area contributed by atoms with Crippen LogP contribution in [-0.2, 0) is 15.7 Å². The Labute approximate surface area is 208 Å². The number of aromatic amines is 1. The van der Waals surface area contributed by atoms with Crippen molar-refractivity contribution in [1.82, 2.24) is 9.29 Å². The number of non-ortho nitro benzene ring substituents is 1. The number of nitro groups is 1. The number of hydrogen-bond donors (Lipinski definition) is 1. The van der Waals surface area contributed by atoms with Crippen molar-refractivity contribution in [2.45, 2.75) is 38.1 Å². The van der Waals surface area contributed by atoms with Crippen LogP contribution in [0.15, 0.2) is 53.4 Å². The Hall–Kier alpha value is -4.05. The Kier molecular flexibility index (Phi) is 5.44. The van der Waals surface area contributed by atoms with E-state index in [-0.39, 0.29) is 28.3 Å². The van der Waals surface area contributed by atoms with Crippen molar-refractivity contribution in [2.75, 3.05) is 6.61 Å². The summed E-state index contributed by atoms with van der Waals surface area (Å²) in [6, 6.07) is 13.2. The lowest BCUT2D eigenvalue weighted by Crippen LogP contribution is -2.42. The van der Waals surface area contributed by atoms with E-state index in [2.05, 4.69) is 4.98 Å². The summed E-state index contributed by atoms with van der Waals surface area (Å²) in [7, 11) is -1.99. The largest absolute Gasteiger partial charge is 0.462 e. The molecule has 0 saturated heterocycles. The monoisotopic (exact) mass is 505 g/mol. The van der Waals surface area contributed by atoms with E-state index in [4.69, 9.17) is 4.74 Å². The van der Waals surface area contributed by atoms with E-state index in [1.165, 1.54) is 16.4 Å². The molecule has 1 atom stereocenters. The van der Waals surface area contributed by atoms with Crippen LogP contribution in [0.3, 0.4) is 0 Å². The van der Waals surface area contributed by atoms with Gasteiger partial charge in [0.15, 0.2) is 11.0 Å². The summed E-state index contributed by atoms with van der Waals surface area (Å²) in [6.07, 6.45) is 0. The smallest absolute Gasteiger partial charge is 0.341 e. The van der Waals surface area contributed by atoms with Gasteiger partial charge in [-0.3, -0.25) is 14.9 Å². The average Bonchev–Trinajstić information content (AvgIpc) is 3.32. The molecule has 3 aromatic carbocycles. The predicted octanol–water partition coefficient (Wildman–Crippen LogP) is 5.35. The lowest BCUT2D eigenvalue weighted by Gasteiger charge is -2.29. The maximum atomic E-state index is 13.9. The number of nitrogens with zero attached hydrogens (tertiary/aromatic N) is 2. The Balaban J connectivity index is 1.99. The van der Waals surface area contributed by atoms with Gasteiger partial charge in [0.25, 0.3) is 11.6 Å². The van der Waals surface area contributed by atoms with Crippen molar-refractivity contribution < 1.29 is 23.5 Å². The highest BCUT2D eigenvalue weighted by Gasteiger charge is 2.47. The van der Waals surface area contributed by atoms with Gasteiger partial charge in [-0.1, -0.05) is 18.2 Å². The molecule has 4 aromatic rings. The lowest BCUT2D eigenvalue weighted by atomic mass is 9.90. The number of H-pyrrole nitrogens is 1. The standard InChI is InChI=1S/C26H23N3O6S/c1-5-35-25(31)21-22-19(16-8-6-7-9-17(16)27-22)18(14-10-12-15(13-11-14)29(32)33)20-23(21)36(34)28(24(20)30)26(2,3)4/h6-13,27H,5H2,1-4H3. The SMILES string of the molecule is CCOC(=O)c1c2c(c(-c3ccc([N+](=O)[O-])cc3)c3c1[nH]c1ccccc13)C(=O)N(C(C)(C)C)S2=O. The number of esters is 1. The van der Waals surface area contributed by atoms with Gasteiger partial charge in [0.2, 0.25) is 0 Å².